The van der Waals surface area contributed by atoms with Gasteiger partial charge in [0.15, 0.2) is 0 Å². The lowest BCUT2D eigenvalue weighted by Gasteiger charge is -2.35. The quantitative estimate of drug-likeness (QED) is 0.720. The van der Waals surface area contributed by atoms with E-state index < -0.39 is 33.4 Å². The van der Waals surface area contributed by atoms with Gasteiger partial charge in [0.05, 0.1) is 5.75 Å². The highest BCUT2D eigenvalue weighted by atomic mass is 32.2. The van der Waals surface area contributed by atoms with Gasteiger partial charge in [0.1, 0.15) is 15.9 Å². The minimum Gasteiger partial charge on any atom is -0.480 e. The molecular weight excluding hydrogens is 284 g/mol. The number of carbonyl (C=O) groups is 2. The van der Waals surface area contributed by atoms with Crippen LogP contribution >= 0.6 is 0 Å². The third-order valence-corrected chi connectivity index (χ3v) is 4.43. The van der Waals surface area contributed by atoms with Crippen molar-refractivity contribution in [3.8, 4) is 0 Å². The van der Waals surface area contributed by atoms with Crippen molar-refractivity contribution in [1.29, 1.82) is 0 Å². The molecule has 1 atom stereocenters. The molecule has 8 heteroatoms. The van der Waals surface area contributed by atoms with Crippen molar-refractivity contribution in [3.05, 3.63) is 0 Å². The summed E-state index contributed by atoms with van der Waals surface area (Å²) < 4.78 is 22.1. The number of amides is 2. The minimum atomic E-state index is -3.27. The summed E-state index contributed by atoms with van der Waals surface area (Å²) in [7, 11) is -1.69. The van der Waals surface area contributed by atoms with E-state index in [1.807, 2.05) is 20.8 Å². The summed E-state index contributed by atoms with van der Waals surface area (Å²) >= 11 is 0. The summed E-state index contributed by atoms with van der Waals surface area (Å²) in [5.41, 5.74) is -0.413. The second-order valence-electron chi connectivity index (χ2n) is 5.48. The van der Waals surface area contributed by atoms with E-state index in [0.29, 0.717) is 6.42 Å². The van der Waals surface area contributed by atoms with Crippen LogP contribution in [0.25, 0.3) is 0 Å². The van der Waals surface area contributed by atoms with Crippen molar-refractivity contribution in [2.45, 2.75) is 45.2 Å². The number of nitrogens with zero attached hydrogens (tertiary/aromatic N) is 1. The van der Waals surface area contributed by atoms with Crippen molar-refractivity contribution >= 4 is 21.8 Å². The molecule has 0 aliphatic carbocycles. The van der Waals surface area contributed by atoms with Gasteiger partial charge < -0.3 is 15.3 Å². The lowest BCUT2D eigenvalue weighted by molar-refractivity contribution is -0.139. The van der Waals surface area contributed by atoms with Crippen LogP contribution in [0.5, 0.6) is 0 Å². The number of urea groups is 1. The molecule has 118 valence electrons. The number of nitrogens with one attached hydrogen (secondary N) is 1. The fourth-order valence-electron chi connectivity index (χ4n) is 1.35. The van der Waals surface area contributed by atoms with Crippen LogP contribution in [0.15, 0.2) is 0 Å². The van der Waals surface area contributed by atoms with Gasteiger partial charge in [-0.05, 0) is 26.7 Å². The number of aliphatic carboxylic acids is 1. The van der Waals surface area contributed by atoms with E-state index in [0.717, 1.165) is 6.26 Å². The number of hydrogen-bond acceptors (Lipinski definition) is 4. The standard InChI is InChI=1S/C12H24N2O5S/c1-6-12(2,3)14(4)11(17)13-9(10(15)16)7-8-20(5,18)19/h9H,6-8H2,1-5H3,(H,13,17)(H,15,16). The smallest absolute Gasteiger partial charge is 0.326 e. The molecule has 2 N–H and O–H groups in total. The molecule has 7 nitrogen and oxygen atoms in total. The van der Waals surface area contributed by atoms with Crippen LogP contribution in [0.3, 0.4) is 0 Å². The van der Waals surface area contributed by atoms with Crippen LogP contribution in [0.4, 0.5) is 4.79 Å². The van der Waals surface area contributed by atoms with Crippen LogP contribution in [-0.4, -0.2) is 61.1 Å². The SMILES string of the molecule is CCC(C)(C)N(C)C(=O)NC(CCS(C)(=O)=O)C(=O)O. The number of carboxylic acid groups (broad SMARTS) is 1. The van der Waals surface area contributed by atoms with Crippen molar-refractivity contribution in [1.82, 2.24) is 10.2 Å². The molecule has 0 aliphatic rings. The maximum Gasteiger partial charge on any atom is 0.326 e. The van der Waals surface area contributed by atoms with Crippen molar-refractivity contribution in [2.24, 2.45) is 0 Å². The molecule has 0 aliphatic heterocycles. The third-order valence-electron chi connectivity index (χ3n) is 3.45. The summed E-state index contributed by atoms with van der Waals surface area (Å²) in [6, 6.07) is -1.75. The van der Waals surface area contributed by atoms with Gasteiger partial charge in [-0.1, -0.05) is 6.92 Å². The van der Waals surface area contributed by atoms with Crippen LogP contribution in [-0.2, 0) is 14.6 Å². The molecule has 0 radical (unpaired) electrons. The van der Waals surface area contributed by atoms with Crippen LogP contribution < -0.4 is 5.32 Å². The predicted octanol–water partition coefficient (Wildman–Crippen LogP) is 0.704. The Kier molecular flexibility index (Phi) is 6.46. The fourth-order valence-corrected chi connectivity index (χ4v) is 2.01. The first kappa shape index (κ1) is 18.7. The van der Waals surface area contributed by atoms with Crippen LogP contribution in [0.2, 0.25) is 0 Å². The lowest BCUT2D eigenvalue weighted by Crippen LogP contribution is -2.53. The van der Waals surface area contributed by atoms with E-state index in [-0.39, 0.29) is 12.2 Å². The van der Waals surface area contributed by atoms with Gasteiger partial charge in [0.2, 0.25) is 0 Å². The maximum atomic E-state index is 12.0. The van der Waals surface area contributed by atoms with Gasteiger partial charge in [-0.15, -0.1) is 0 Å². The molecule has 0 aromatic heterocycles. The summed E-state index contributed by atoms with van der Waals surface area (Å²) in [6.45, 7) is 5.64. The lowest BCUT2D eigenvalue weighted by atomic mass is 10.0. The Labute approximate surface area is 120 Å². The molecule has 0 spiro atoms. The number of carbonyl (C=O) groups excluding carboxylic acids is 1. The molecule has 0 bridgehead atoms. The summed E-state index contributed by atoms with van der Waals surface area (Å²) in [5.74, 6) is -1.53. The van der Waals surface area contributed by atoms with E-state index in [1.54, 1.807) is 7.05 Å². The highest BCUT2D eigenvalue weighted by molar-refractivity contribution is 7.90. The third kappa shape index (κ3) is 6.23. The summed E-state index contributed by atoms with van der Waals surface area (Å²) in [4.78, 5) is 24.5. The first-order chi connectivity index (χ1) is 8.90. The van der Waals surface area contributed by atoms with Crippen LogP contribution in [0.1, 0.15) is 33.6 Å². The van der Waals surface area contributed by atoms with E-state index in [9.17, 15) is 18.0 Å². The normalized spacial score (nSPS) is 13.7. The Morgan fingerprint density at radius 1 is 1.35 bits per heavy atom. The van der Waals surface area contributed by atoms with E-state index in [4.69, 9.17) is 5.11 Å². The number of hydrogen-bond donors (Lipinski definition) is 2. The molecule has 0 fully saturated rings. The van der Waals surface area contributed by atoms with Crippen LogP contribution in [0, 0.1) is 0 Å². The second kappa shape index (κ2) is 6.92. The summed E-state index contributed by atoms with van der Waals surface area (Å²) in [6.07, 6.45) is 1.58. The van der Waals surface area contributed by atoms with Crippen molar-refractivity contribution in [2.75, 3.05) is 19.1 Å². The molecule has 0 aromatic carbocycles. The van der Waals surface area contributed by atoms with Gasteiger partial charge in [-0.3, -0.25) is 0 Å². The van der Waals surface area contributed by atoms with Crippen molar-refractivity contribution < 1.29 is 23.1 Å². The van der Waals surface area contributed by atoms with Gasteiger partial charge in [-0.25, -0.2) is 18.0 Å². The van der Waals surface area contributed by atoms with E-state index in [2.05, 4.69) is 5.32 Å². The molecule has 0 aromatic rings. The predicted molar refractivity (Wildman–Crippen MR) is 76.4 cm³/mol. The van der Waals surface area contributed by atoms with Gasteiger partial charge >= 0.3 is 12.0 Å². The summed E-state index contributed by atoms with van der Waals surface area (Å²) in [5, 5.41) is 11.4. The average molecular weight is 308 g/mol. The Bertz CT molecular complexity index is 458. The largest absolute Gasteiger partial charge is 0.480 e. The van der Waals surface area contributed by atoms with Crippen molar-refractivity contribution in [3.63, 3.8) is 0 Å². The molecule has 20 heavy (non-hydrogen) atoms. The zero-order chi connectivity index (χ0) is 16.1. The Morgan fingerprint density at radius 2 is 1.85 bits per heavy atom. The zero-order valence-electron chi connectivity index (χ0n) is 12.6. The number of rotatable bonds is 7. The first-order valence-corrected chi connectivity index (χ1v) is 8.41. The molecule has 0 saturated carbocycles. The minimum absolute atomic E-state index is 0.152. The average Bonchev–Trinajstić information content (AvgIpc) is 2.31. The monoisotopic (exact) mass is 308 g/mol. The van der Waals surface area contributed by atoms with Gasteiger partial charge in [-0.2, -0.15) is 0 Å². The molecule has 0 heterocycles. The van der Waals surface area contributed by atoms with E-state index >= 15 is 0 Å². The molecule has 0 rings (SSSR count). The second-order valence-corrected chi connectivity index (χ2v) is 7.74. The Hall–Kier alpha value is -1.31. The zero-order valence-corrected chi connectivity index (χ0v) is 13.5. The molecule has 1 unspecified atom stereocenters. The van der Waals surface area contributed by atoms with Gasteiger partial charge in [0, 0.05) is 18.8 Å². The number of sulfone groups is 1. The van der Waals surface area contributed by atoms with E-state index in [1.165, 1.54) is 4.90 Å². The first-order valence-electron chi connectivity index (χ1n) is 6.35. The molecule has 0 saturated heterocycles. The highest BCUT2D eigenvalue weighted by Gasteiger charge is 2.29. The Morgan fingerprint density at radius 3 is 2.20 bits per heavy atom. The maximum absolute atomic E-state index is 12.0. The fraction of sp³-hybridized carbons (Fsp3) is 0.833. The molecule has 2 amide bonds. The topological polar surface area (TPSA) is 104 Å². The Balaban J connectivity index is 4.76. The molecular formula is C12H24N2O5S. The highest BCUT2D eigenvalue weighted by Crippen LogP contribution is 2.16. The van der Waals surface area contributed by atoms with Gasteiger partial charge in [0.25, 0.3) is 0 Å². The number of carboxylic acids is 1.